The Hall–Kier alpha value is -1.12. The van der Waals surface area contributed by atoms with Crippen molar-refractivity contribution in [3.8, 4) is 0 Å². The van der Waals surface area contributed by atoms with Crippen LogP contribution in [-0.4, -0.2) is 43.1 Å². The number of imidazole rings is 1. The SMILES string of the molecule is O=C(Cn1cnc(S(=O)(=O)Cl)c1)NC1CCOCC1. The predicted octanol–water partition coefficient (Wildman–Crippen LogP) is 0.106. The summed E-state index contributed by atoms with van der Waals surface area (Å²) in [5.74, 6) is -0.192. The Morgan fingerprint density at radius 2 is 2.21 bits per heavy atom. The Morgan fingerprint density at radius 1 is 1.53 bits per heavy atom. The number of amides is 1. The van der Waals surface area contributed by atoms with Crippen LogP contribution in [0.5, 0.6) is 0 Å². The molecule has 0 bridgehead atoms. The van der Waals surface area contributed by atoms with Gasteiger partial charge in [-0.1, -0.05) is 0 Å². The first-order valence-corrected chi connectivity index (χ1v) is 8.09. The van der Waals surface area contributed by atoms with Gasteiger partial charge < -0.3 is 14.6 Å². The van der Waals surface area contributed by atoms with Crippen LogP contribution in [0.25, 0.3) is 0 Å². The van der Waals surface area contributed by atoms with Gasteiger partial charge in [-0.25, -0.2) is 13.4 Å². The summed E-state index contributed by atoms with van der Waals surface area (Å²) in [6, 6.07) is 0.112. The summed E-state index contributed by atoms with van der Waals surface area (Å²) in [6.45, 7) is 1.30. The van der Waals surface area contributed by atoms with Crippen LogP contribution < -0.4 is 5.32 Å². The van der Waals surface area contributed by atoms with E-state index in [1.165, 1.54) is 17.1 Å². The van der Waals surface area contributed by atoms with Gasteiger partial charge in [0.15, 0.2) is 5.03 Å². The Morgan fingerprint density at radius 3 is 2.79 bits per heavy atom. The van der Waals surface area contributed by atoms with Crippen LogP contribution in [0.2, 0.25) is 0 Å². The summed E-state index contributed by atoms with van der Waals surface area (Å²) in [6.07, 6.45) is 4.07. The fourth-order valence-corrected chi connectivity index (χ4v) is 2.51. The number of ether oxygens (including phenoxy) is 1. The molecule has 1 amide bonds. The second-order valence-electron chi connectivity index (χ2n) is 4.28. The highest BCUT2D eigenvalue weighted by Crippen LogP contribution is 2.11. The summed E-state index contributed by atoms with van der Waals surface area (Å²) in [5.41, 5.74) is 0. The molecule has 0 aliphatic carbocycles. The minimum absolute atomic E-state index is 0.0107. The lowest BCUT2D eigenvalue weighted by Gasteiger charge is -2.23. The Kier molecular flexibility index (Phi) is 4.43. The van der Waals surface area contributed by atoms with E-state index in [0.29, 0.717) is 13.2 Å². The normalized spacial score (nSPS) is 17.3. The molecule has 0 saturated carbocycles. The van der Waals surface area contributed by atoms with Crippen molar-refractivity contribution in [1.29, 1.82) is 0 Å². The molecule has 2 rings (SSSR count). The smallest absolute Gasteiger partial charge is 0.280 e. The number of hydrogen-bond acceptors (Lipinski definition) is 5. The van der Waals surface area contributed by atoms with Gasteiger partial charge in [-0.2, -0.15) is 0 Å². The molecule has 7 nitrogen and oxygen atoms in total. The van der Waals surface area contributed by atoms with Gasteiger partial charge in [-0.15, -0.1) is 0 Å². The number of halogens is 1. The van der Waals surface area contributed by atoms with Gasteiger partial charge in [0.05, 0.1) is 6.33 Å². The van der Waals surface area contributed by atoms with Crippen LogP contribution in [-0.2, 0) is 25.1 Å². The summed E-state index contributed by atoms with van der Waals surface area (Å²) in [5, 5.41) is 2.61. The quantitative estimate of drug-likeness (QED) is 0.797. The molecule has 19 heavy (non-hydrogen) atoms. The molecule has 1 aliphatic rings. The molecule has 2 heterocycles. The van der Waals surface area contributed by atoms with E-state index in [-0.39, 0.29) is 23.5 Å². The average molecular weight is 308 g/mol. The van der Waals surface area contributed by atoms with Crippen LogP contribution in [0.1, 0.15) is 12.8 Å². The summed E-state index contributed by atoms with van der Waals surface area (Å²) in [7, 11) is 1.29. The molecule has 1 aliphatic heterocycles. The first kappa shape index (κ1) is 14.3. The topological polar surface area (TPSA) is 90.3 Å². The van der Waals surface area contributed by atoms with E-state index < -0.39 is 9.05 Å². The zero-order chi connectivity index (χ0) is 13.9. The number of rotatable bonds is 4. The second-order valence-corrected chi connectivity index (χ2v) is 6.79. The van der Waals surface area contributed by atoms with Gasteiger partial charge >= 0.3 is 0 Å². The van der Waals surface area contributed by atoms with Crippen molar-refractivity contribution in [3.05, 3.63) is 12.5 Å². The molecule has 1 fully saturated rings. The highest BCUT2D eigenvalue weighted by Gasteiger charge is 2.17. The lowest BCUT2D eigenvalue weighted by molar-refractivity contribution is -0.122. The predicted molar refractivity (Wildman–Crippen MR) is 67.2 cm³/mol. The van der Waals surface area contributed by atoms with Gasteiger partial charge in [0.2, 0.25) is 5.91 Å². The van der Waals surface area contributed by atoms with Crippen molar-refractivity contribution in [3.63, 3.8) is 0 Å². The molecule has 0 spiro atoms. The minimum Gasteiger partial charge on any atom is -0.381 e. The Bertz CT molecular complexity index is 551. The first-order chi connectivity index (χ1) is 8.95. The van der Waals surface area contributed by atoms with E-state index >= 15 is 0 Å². The third-order valence-electron chi connectivity index (χ3n) is 2.77. The Labute approximate surface area is 115 Å². The summed E-state index contributed by atoms with van der Waals surface area (Å²) in [4.78, 5) is 15.4. The van der Waals surface area contributed by atoms with Gasteiger partial charge in [0, 0.05) is 36.1 Å². The maximum atomic E-state index is 11.8. The molecule has 106 valence electrons. The highest BCUT2D eigenvalue weighted by molar-refractivity contribution is 8.13. The van der Waals surface area contributed by atoms with Crippen LogP contribution in [0.4, 0.5) is 0 Å². The van der Waals surface area contributed by atoms with Crippen molar-refractivity contribution in [1.82, 2.24) is 14.9 Å². The monoisotopic (exact) mass is 307 g/mol. The second kappa shape index (κ2) is 5.89. The Balaban J connectivity index is 1.90. The number of aromatic nitrogens is 2. The van der Waals surface area contributed by atoms with Crippen LogP contribution >= 0.6 is 10.7 Å². The molecule has 0 radical (unpaired) electrons. The van der Waals surface area contributed by atoms with E-state index in [1.54, 1.807) is 0 Å². The highest BCUT2D eigenvalue weighted by atomic mass is 35.7. The van der Waals surface area contributed by atoms with E-state index in [1.807, 2.05) is 0 Å². The van der Waals surface area contributed by atoms with Gasteiger partial charge in [-0.05, 0) is 12.8 Å². The summed E-state index contributed by atoms with van der Waals surface area (Å²) >= 11 is 0. The molecule has 9 heteroatoms. The molecule has 1 aromatic heterocycles. The number of carbonyl (C=O) groups is 1. The lowest BCUT2D eigenvalue weighted by atomic mass is 10.1. The zero-order valence-electron chi connectivity index (χ0n) is 10.1. The van der Waals surface area contributed by atoms with E-state index in [0.717, 1.165) is 12.8 Å². The van der Waals surface area contributed by atoms with Crippen LogP contribution in [0.3, 0.4) is 0 Å². The van der Waals surface area contributed by atoms with Crippen molar-refractivity contribution in [2.24, 2.45) is 0 Å². The molecule has 0 atom stereocenters. The van der Waals surface area contributed by atoms with Gasteiger partial charge in [0.25, 0.3) is 9.05 Å². The standard InChI is InChI=1S/C10H14ClN3O4S/c11-19(16,17)10-6-14(7-12-10)5-9(15)13-8-1-3-18-4-2-8/h6-8H,1-5H2,(H,13,15). The first-order valence-electron chi connectivity index (χ1n) is 5.79. The van der Waals surface area contributed by atoms with Crippen molar-refractivity contribution in [2.75, 3.05) is 13.2 Å². The van der Waals surface area contributed by atoms with Crippen LogP contribution in [0.15, 0.2) is 17.6 Å². The fraction of sp³-hybridized carbons (Fsp3) is 0.600. The number of hydrogen-bond donors (Lipinski definition) is 1. The lowest BCUT2D eigenvalue weighted by Crippen LogP contribution is -2.40. The third-order valence-corrected chi connectivity index (χ3v) is 3.96. The molecular weight excluding hydrogens is 294 g/mol. The number of nitrogens with one attached hydrogen (secondary N) is 1. The fourth-order valence-electron chi connectivity index (χ4n) is 1.83. The molecule has 1 saturated heterocycles. The van der Waals surface area contributed by atoms with Gasteiger partial charge in [0.1, 0.15) is 6.54 Å². The number of nitrogens with zero attached hydrogens (tertiary/aromatic N) is 2. The van der Waals surface area contributed by atoms with Crippen LogP contribution in [0, 0.1) is 0 Å². The maximum absolute atomic E-state index is 11.8. The maximum Gasteiger partial charge on any atom is 0.280 e. The third kappa shape index (κ3) is 4.19. The van der Waals surface area contributed by atoms with Crippen molar-refractivity contribution >= 4 is 25.6 Å². The van der Waals surface area contributed by atoms with E-state index in [4.69, 9.17) is 15.4 Å². The zero-order valence-corrected chi connectivity index (χ0v) is 11.7. The summed E-state index contributed by atoms with van der Waals surface area (Å²) < 4.78 is 28.6. The molecule has 0 unspecified atom stereocenters. The van der Waals surface area contributed by atoms with E-state index in [9.17, 15) is 13.2 Å². The average Bonchev–Trinajstić information content (AvgIpc) is 2.78. The largest absolute Gasteiger partial charge is 0.381 e. The van der Waals surface area contributed by atoms with Gasteiger partial charge in [-0.3, -0.25) is 4.79 Å². The minimum atomic E-state index is -3.85. The van der Waals surface area contributed by atoms with E-state index in [2.05, 4.69) is 10.3 Å². The molecular formula is C10H14ClN3O4S. The molecule has 1 aromatic rings. The van der Waals surface area contributed by atoms with Crippen molar-refractivity contribution in [2.45, 2.75) is 30.5 Å². The molecule has 1 N–H and O–H groups in total. The molecule has 0 aromatic carbocycles. The number of carbonyl (C=O) groups excluding carboxylic acids is 1. The van der Waals surface area contributed by atoms with Crippen molar-refractivity contribution < 1.29 is 17.9 Å².